The Morgan fingerprint density at radius 3 is 2.64 bits per heavy atom. The minimum atomic E-state index is -3.42. The Kier molecular flexibility index (Phi) is 4.74. The van der Waals surface area contributed by atoms with E-state index < -0.39 is 9.84 Å². The summed E-state index contributed by atoms with van der Waals surface area (Å²) in [5.41, 5.74) is 1.38. The standard InChI is InChI=1S/C13H14ClN3O3S2/c1-7-11(21-13(16-7)17-12(18)15-2)8-4-5-9(14)10(6-8)22(3,19)20/h4-6H,1-3H3,(H2,15,16,17,18). The molecule has 0 bridgehead atoms. The summed E-state index contributed by atoms with van der Waals surface area (Å²) in [5, 5.41) is 5.64. The largest absolute Gasteiger partial charge is 0.341 e. The number of carbonyl (C=O) groups is 1. The van der Waals surface area contributed by atoms with E-state index in [1.807, 2.05) is 0 Å². The van der Waals surface area contributed by atoms with E-state index in [0.717, 1.165) is 11.1 Å². The highest BCUT2D eigenvalue weighted by Crippen LogP contribution is 2.35. The zero-order valence-electron chi connectivity index (χ0n) is 12.1. The number of carbonyl (C=O) groups excluding carboxylic acids is 1. The molecular weight excluding hydrogens is 346 g/mol. The van der Waals surface area contributed by atoms with Crippen LogP contribution in [0.2, 0.25) is 5.02 Å². The smallest absolute Gasteiger partial charge is 0.320 e. The van der Waals surface area contributed by atoms with Gasteiger partial charge >= 0.3 is 6.03 Å². The van der Waals surface area contributed by atoms with Gasteiger partial charge in [-0.25, -0.2) is 18.2 Å². The van der Waals surface area contributed by atoms with Crippen molar-refractivity contribution in [2.45, 2.75) is 11.8 Å². The number of aryl methyl sites for hydroxylation is 1. The molecule has 2 aromatic rings. The number of anilines is 1. The van der Waals surface area contributed by atoms with Crippen LogP contribution in [0.4, 0.5) is 9.93 Å². The molecule has 0 unspecified atom stereocenters. The molecule has 0 aliphatic heterocycles. The Bertz CT molecular complexity index is 831. The zero-order chi connectivity index (χ0) is 16.5. The summed E-state index contributed by atoms with van der Waals surface area (Å²) in [4.78, 5) is 16.4. The van der Waals surface area contributed by atoms with Crippen LogP contribution in [-0.2, 0) is 9.84 Å². The number of halogens is 1. The first-order chi connectivity index (χ1) is 10.2. The third kappa shape index (κ3) is 3.57. The molecule has 2 N–H and O–H groups in total. The Morgan fingerprint density at radius 2 is 2.05 bits per heavy atom. The van der Waals surface area contributed by atoms with Crippen molar-refractivity contribution in [3.8, 4) is 10.4 Å². The quantitative estimate of drug-likeness (QED) is 0.881. The second-order valence-corrected chi connectivity index (χ2v) is 7.95. The molecule has 0 fully saturated rings. The molecule has 0 saturated heterocycles. The van der Waals surface area contributed by atoms with Gasteiger partial charge in [-0.2, -0.15) is 0 Å². The second kappa shape index (κ2) is 6.23. The minimum absolute atomic E-state index is 0.0697. The molecule has 9 heteroatoms. The topological polar surface area (TPSA) is 88.2 Å². The third-order valence-corrected chi connectivity index (χ3v) is 5.54. The van der Waals surface area contributed by atoms with Gasteiger partial charge in [0.1, 0.15) is 0 Å². The van der Waals surface area contributed by atoms with Gasteiger partial charge in [0.05, 0.1) is 20.5 Å². The van der Waals surface area contributed by atoms with E-state index in [1.165, 1.54) is 30.5 Å². The molecule has 2 amide bonds. The predicted octanol–water partition coefficient (Wildman–Crippen LogP) is 2.93. The van der Waals surface area contributed by atoms with E-state index in [9.17, 15) is 13.2 Å². The lowest BCUT2D eigenvalue weighted by atomic mass is 10.2. The summed E-state index contributed by atoms with van der Waals surface area (Å²) >= 11 is 7.20. The maximum absolute atomic E-state index is 11.7. The fraction of sp³-hybridized carbons (Fsp3) is 0.231. The van der Waals surface area contributed by atoms with Crippen LogP contribution >= 0.6 is 22.9 Å². The van der Waals surface area contributed by atoms with Gasteiger partial charge < -0.3 is 5.32 Å². The van der Waals surface area contributed by atoms with Gasteiger partial charge in [-0.3, -0.25) is 5.32 Å². The van der Waals surface area contributed by atoms with Crippen molar-refractivity contribution in [1.29, 1.82) is 0 Å². The molecule has 0 aliphatic rings. The summed E-state index contributed by atoms with van der Waals surface area (Å²) in [5.74, 6) is 0. The summed E-state index contributed by atoms with van der Waals surface area (Å²) in [6.07, 6.45) is 1.11. The number of hydrogen-bond acceptors (Lipinski definition) is 5. The lowest BCUT2D eigenvalue weighted by Gasteiger charge is -2.05. The van der Waals surface area contributed by atoms with Gasteiger partial charge in [0.15, 0.2) is 15.0 Å². The first-order valence-electron chi connectivity index (χ1n) is 6.18. The van der Waals surface area contributed by atoms with Gasteiger partial charge in [-0.15, -0.1) is 0 Å². The molecule has 1 aromatic carbocycles. The lowest BCUT2D eigenvalue weighted by Crippen LogP contribution is -2.24. The molecule has 0 atom stereocenters. The van der Waals surface area contributed by atoms with Crippen LogP contribution in [0.3, 0.4) is 0 Å². The number of nitrogens with one attached hydrogen (secondary N) is 2. The molecular formula is C13H14ClN3O3S2. The first-order valence-corrected chi connectivity index (χ1v) is 9.27. The zero-order valence-corrected chi connectivity index (χ0v) is 14.5. The molecule has 118 valence electrons. The van der Waals surface area contributed by atoms with Gasteiger partial charge in [0.25, 0.3) is 0 Å². The van der Waals surface area contributed by atoms with Crippen molar-refractivity contribution in [3.63, 3.8) is 0 Å². The van der Waals surface area contributed by atoms with Crippen molar-refractivity contribution in [2.24, 2.45) is 0 Å². The molecule has 0 saturated carbocycles. The number of amides is 2. The third-order valence-electron chi connectivity index (χ3n) is 2.84. The number of sulfone groups is 1. The Balaban J connectivity index is 2.47. The van der Waals surface area contributed by atoms with Crippen molar-refractivity contribution >= 4 is 43.9 Å². The molecule has 2 rings (SSSR count). The van der Waals surface area contributed by atoms with E-state index in [4.69, 9.17) is 11.6 Å². The number of urea groups is 1. The number of thiazole rings is 1. The monoisotopic (exact) mass is 359 g/mol. The fourth-order valence-electron chi connectivity index (χ4n) is 1.81. The average molecular weight is 360 g/mol. The van der Waals surface area contributed by atoms with Crippen LogP contribution < -0.4 is 10.6 Å². The number of rotatable bonds is 3. The molecule has 0 radical (unpaired) electrons. The van der Waals surface area contributed by atoms with Crippen molar-refractivity contribution < 1.29 is 13.2 Å². The number of benzene rings is 1. The van der Waals surface area contributed by atoms with Gasteiger partial charge in [0.2, 0.25) is 0 Å². The molecule has 0 spiro atoms. The van der Waals surface area contributed by atoms with Crippen LogP contribution in [0.1, 0.15) is 5.69 Å². The Labute approximate surface area is 137 Å². The van der Waals surface area contributed by atoms with Crippen LogP contribution in [0.25, 0.3) is 10.4 Å². The van der Waals surface area contributed by atoms with Crippen molar-refractivity contribution in [3.05, 3.63) is 28.9 Å². The molecule has 1 aromatic heterocycles. The SMILES string of the molecule is CNC(=O)Nc1nc(C)c(-c2ccc(Cl)c(S(C)(=O)=O)c2)s1. The normalized spacial score (nSPS) is 11.3. The summed E-state index contributed by atoms with van der Waals surface area (Å²) < 4.78 is 23.5. The molecule has 22 heavy (non-hydrogen) atoms. The van der Waals surface area contributed by atoms with Crippen molar-refractivity contribution in [2.75, 3.05) is 18.6 Å². The minimum Gasteiger partial charge on any atom is -0.341 e. The van der Waals surface area contributed by atoms with Crippen molar-refractivity contribution in [1.82, 2.24) is 10.3 Å². The lowest BCUT2D eigenvalue weighted by molar-refractivity contribution is 0.254. The summed E-state index contributed by atoms with van der Waals surface area (Å²) in [6, 6.07) is 4.41. The summed E-state index contributed by atoms with van der Waals surface area (Å²) in [7, 11) is -1.91. The van der Waals surface area contributed by atoms with E-state index >= 15 is 0 Å². The first kappa shape index (κ1) is 16.7. The van der Waals surface area contributed by atoms with Crippen LogP contribution in [0.15, 0.2) is 23.1 Å². The molecule has 1 heterocycles. The summed E-state index contributed by atoms with van der Waals surface area (Å²) in [6.45, 7) is 1.79. The van der Waals surface area contributed by atoms with E-state index in [2.05, 4.69) is 15.6 Å². The highest BCUT2D eigenvalue weighted by atomic mass is 35.5. The van der Waals surface area contributed by atoms with E-state index in [-0.39, 0.29) is 15.9 Å². The Hall–Kier alpha value is -1.64. The van der Waals surface area contributed by atoms with Crippen LogP contribution in [0, 0.1) is 6.92 Å². The van der Waals surface area contributed by atoms with Crippen LogP contribution in [-0.4, -0.2) is 32.7 Å². The predicted molar refractivity (Wildman–Crippen MR) is 88.5 cm³/mol. The number of hydrogen-bond donors (Lipinski definition) is 2. The maximum atomic E-state index is 11.7. The Morgan fingerprint density at radius 1 is 1.36 bits per heavy atom. The van der Waals surface area contributed by atoms with Gasteiger partial charge in [-0.05, 0) is 24.6 Å². The van der Waals surface area contributed by atoms with E-state index in [1.54, 1.807) is 13.0 Å². The average Bonchev–Trinajstić information content (AvgIpc) is 2.78. The number of nitrogens with zero attached hydrogens (tertiary/aromatic N) is 1. The fourth-order valence-corrected chi connectivity index (χ4v) is 4.07. The highest BCUT2D eigenvalue weighted by molar-refractivity contribution is 7.90. The van der Waals surface area contributed by atoms with Gasteiger partial charge in [0, 0.05) is 13.3 Å². The van der Waals surface area contributed by atoms with Gasteiger partial charge in [-0.1, -0.05) is 29.0 Å². The molecule has 0 aliphatic carbocycles. The highest BCUT2D eigenvalue weighted by Gasteiger charge is 2.17. The molecule has 6 nitrogen and oxygen atoms in total. The second-order valence-electron chi connectivity index (χ2n) is 4.56. The van der Waals surface area contributed by atoms with E-state index in [0.29, 0.717) is 16.4 Å². The van der Waals surface area contributed by atoms with Crippen LogP contribution in [0.5, 0.6) is 0 Å². The maximum Gasteiger partial charge on any atom is 0.320 e. The number of aromatic nitrogens is 1.